The maximum atomic E-state index is 11.4. The third-order valence-corrected chi connectivity index (χ3v) is 5.27. The lowest BCUT2D eigenvalue weighted by molar-refractivity contribution is -0.122. The molecule has 0 bridgehead atoms. The Hall–Kier alpha value is -0.650. The largest absolute Gasteiger partial charge is 0.389 e. The van der Waals surface area contributed by atoms with Crippen molar-refractivity contribution in [3.63, 3.8) is 0 Å². The summed E-state index contributed by atoms with van der Waals surface area (Å²) < 4.78 is 0. The zero-order valence-electron chi connectivity index (χ0n) is 14.3. The van der Waals surface area contributed by atoms with E-state index >= 15 is 0 Å². The Labute approximate surface area is 135 Å². The number of likely N-dealkylation sites (tertiary alicyclic amines) is 1. The minimum absolute atomic E-state index is 0.107. The van der Waals surface area contributed by atoms with Gasteiger partial charge in [0.15, 0.2) is 0 Å². The first-order valence-corrected chi connectivity index (χ1v) is 8.85. The molecule has 2 rings (SSSR count). The minimum atomic E-state index is -0.451. The highest BCUT2D eigenvalue weighted by Gasteiger charge is 2.31. The minimum Gasteiger partial charge on any atom is -0.389 e. The van der Waals surface area contributed by atoms with Crippen molar-refractivity contribution in [1.29, 1.82) is 0 Å². The van der Waals surface area contributed by atoms with Crippen LogP contribution in [0.3, 0.4) is 0 Å². The molecular weight excluding hydrogens is 278 g/mol. The molecule has 22 heavy (non-hydrogen) atoms. The van der Waals surface area contributed by atoms with Crippen molar-refractivity contribution >= 4 is 5.91 Å². The normalized spacial score (nSPS) is 23.6. The second-order valence-corrected chi connectivity index (χ2v) is 7.37. The molecule has 1 aliphatic heterocycles. The van der Waals surface area contributed by atoms with Crippen LogP contribution < -0.4 is 5.32 Å². The molecule has 1 heterocycles. The van der Waals surface area contributed by atoms with Crippen molar-refractivity contribution in [2.45, 2.75) is 50.5 Å². The fourth-order valence-electron chi connectivity index (χ4n) is 3.99. The van der Waals surface area contributed by atoms with Crippen LogP contribution in [0.1, 0.15) is 44.9 Å². The highest BCUT2D eigenvalue weighted by Crippen LogP contribution is 2.29. The SMILES string of the molecule is CNC(=O)CN1CCC(CN(C)CC2(O)CCCCC2)CC1. The number of likely N-dealkylation sites (N-methyl/N-ethyl adjacent to an activating group) is 2. The average Bonchev–Trinajstić information content (AvgIpc) is 2.49. The van der Waals surface area contributed by atoms with Crippen molar-refractivity contribution < 1.29 is 9.90 Å². The van der Waals surface area contributed by atoms with Crippen LogP contribution in [0.15, 0.2) is 0 Å². The Balaban J connectivity index is 1.68. The van der Waals surface area contributed by atoms with E-state index in [9.17, 15) is 9.90 Å². The summed E-state index contributed by atoms with van der Waals surface area (Å²) in [6, 6.07) is 0. The van der Waals surface area contributed by atoms with E-state index in [0.29, 0.717) is 12.5 Å². The fourth-order valence-corrected chi connectivity index (χ4v) is 3.99. The topological polar surface area (TPSA) is 55.8 Å². The van der Waals surface area contributed by atoms with Gasteiger partial charge in [-0.2, -0.15) is 0 Å². The number of piperidine rings is 1. The molecule has 5 heteroatoms. The Morgan fingerprint density at radius 3 is 2.50 bits per heavy atom. The van der Waals surface area contributed by atoms with Gasteiger partial charge in [0.25, 0.3) is 0 Å². The van der Waals surface area contributed by atoms with Crippen molar-refractivity contribution in [3.8, 4) is 0 Å². The lowest BCUT2D eigenvalue weighted by Crippen LogP contribution is -2.46. The lowest BCUT2D eigenvalue weighted by Gasteiger charge is -2.38. The first-order valence-electron chi connectivity index (χ1n) is 8.85. The molecule has 128 valence electrons. The van der Waals surface area contributed by atoms with Gasteiger partial charge in [-0.05, 0) is 51.7 Å². The molecule has 5 nitrogen and oxygen atoms in total. The Morgan fingerprint density at radius 2 is 1.91 bits per heavy atom. The van der Waals surface area contributed by atoms with Gasteiger partial charge in [0, 0.05) is 20.1 Å². The number of aliphatic hydroxyl groups is 1. The summed E-state index contributed by atoms with van der Waals surface area (Å²) in [7, 11) is 3.84. The maximum absolute atomic E-state index is 11.4. The first kappa shape index (κ1) is 17.7. The molecule has 1 saturated heterocycles. The van der Waals surface area contributed by atoms with Gasteiger partial charge in [-0.25, -0.2) is 0 Å². The number of hydrogen-bond acceptors (Lipinski definition) is 4. The number of rotatable bonds is 6. The molecule has 2 aliphatic rings. The van der Waals surface area contributed by atoms with Crippen LogP contribution in [0.2, 0.25) is 0 Å². The summed E-state index contributed by atoms with van der Waals surface area (Å²) in [6.45, 7) is 4.42. The molecule has 2 fully saturated rings. The number of carbonyl (C=O) groups is 1. The van der Waals surface area contributed by atoms with Crippen LogP contribution in [0.25, 0.3) is 0 Å². The first-order chi connectivity index (χ1) is 10.5. The van der Waals surface area contributed by atoms with Gasteiger partial charge in [-0.15, -0.1) is 0 Å². The van der Waals surface area contributed by atoms with Crippen molar-refractivity contribution in [2.75, 3.05) is 46.8 Å². The summed E-state index contributed by atoms with van der Waals surface area (Å²) in [5.41, 5.74) is -0.451. The van der Waals surface area contributed by atoms with E-state index in [4.69, 9.17) is 0 Å². The third-order valence-electron chi connectivity index (χ3n) is 5.27. The van der Waals surface area contributed by atoms with Crippen molar-refractivity contribution in [2.24, 2.45) is 5.92 Å². The van der Waals surface area contributed by atoms with E-state index in [-0.39, 0.29) is 5.91 Å². The Kier molecular flexibility index (Phi) is 6.66. The molecule has 0 aromatic heterocycles. The van der Waals surface area contributed by atoms with E-state index in [1.165, 1.54) is 19.3 Å². The predicted octanol–water partition coefficient (Wildman–Crippen LogP) is 1.07. The van der Waals surface area contributed by atoms with Crippen LogP contribution >= 0.6 is 0 Å². The van der Waals surface area contributed by atoms with Crippen molar-refractivity contribution in [1.82, 2.24) is 15.1 Å². The molecule has 0 unspecified atom stereocenters. The molecule has 0 aromatic carbocycles. The quantitative estimate of drug-likeness (QED) is 0.770. The van der Waals surface area contributed by atoms with E-state index in [2.05, 4.69) is 22.2 Å². The van der Waals surface area contributed by atoms with Crippen LogP contribution in [-0.4, -0.2) is 73.2 Å². The number of nitrogens with one attached hydrogen (secondary N) is 1. The van der Waals surface area contributed by atoms with Gasteiger partial charge in [0.1, 0.15) is 0 Å². The standard InChI is InChI=1S/C17H33N3O2/c1-18-16(21)13-20-10-6-15(7-11-20)12-19(2)14-17(22)8-4-3-5-9-17/h15,22H,3-14H2,1-2H3,(H,18,21). The van der Waals surface area contributed by atoms with Gasteiger partial charge in [-0.3, -0.25) is 9.69 Å². The second-order valence-electron chi connectivity index (χ2n) is 7.37. The predicted molar refractivity (Wildman–Crippen MR) is 88.8 cm³/mol. The molecule has 2 N–H and O–H groups in total. The van der Waals surface area contributed by atoms with E-state index in [1.54, 1.807) is 7.05 Å². The van der Waals surface area contributed by atoms with Crippen molar-refractivity contribution in [3.05, 3.63) is 0 Å². The smallest absolute Gasteiger partial charge is 0.233 e. The number of nitrogens with zero attached hydrogens (tertiary/aromatic N) is 2. The van der Waals surface area contributed by atoms with Gasteiger partial charge >= 0.3 is 0 Å². The number of carbonyl (C=O) groups excluding carboxylic acids is 1. The van der Waals surface area contributed by atoms with Gasteiger partial charge < -0.3 is 15.3 Å². The highest BCUT2D eigenvalue weighted by molar-refractivity contribution is 5.77. The van der Waals surface area contributed by atoms with Crippen LogP contribution in [0.4, 0.5) is 0 Å². The summed E-state index contributed by atoms with van der Waals surface area (Å²) in [5, 5.41) is 13.3. The Bertz CT molecular complexity index is 348. The second kappa shape index (κ2) is 8.27. The molecule has 0 spiro atoms. The van der Waals surface area contributed by atoms with Gasteiger partial charge in [0.05, 0.1) is 12.1 Å². The molecule has 0 radical (unpaired) electrons. The van der Waals surface area contributed by atoms with Crippen LogP contribution in [-0.2, 0) is 4.79 Å². The van der Waals surface area contributed by atoms with Crippen LogP contribution in [0, 0.1) is 5.92 Å². The fraction of sp³-hybridized carbons (Fsp3) is 0.941. The zero-order valence-corrected chi connectivity index (χ0v) is 14.3. The molecule has 1 aliphatic carbocycles. The monoisotopic (exact) mass is 311 g/mol. The van der Waals surface area contributed by atoms with E-state index in [1.807, 2.05) is 0 Å². The van der Waals surface area contributed by atoms with E-state index < -0.39 is 5.60 Å². The summed E-state index contributed by atoms with van der Waals surface area (Å²) >= 11 is 0. The summed E-state index contributed by atoms with van der Waals surface area (Å²) in [6.07, 6.45) is 7.84. The third kappa shape index (κ3) is 5.52. The number of hydrogen-bond donors (Lipinski definition) is 2. The molecule has 0 aromatic rings. The van der Waals surface area contributed by atoms with Gasteiger partial charge in [-0.1, -0.05) is 19.3 Å². The maximum Gasteiger partial charge on any atom is 0.233 e. The Morgan fingerprint density at radius 1 is 1.27 bits per heavy atom. The van der Waals surface area contributed by atoms with Crippen LogP contribution in [0.5, 0.6) is 0 Å². The zero-order chi connectivity index (χ0) is 16.0. The van der Waals surface area contributed by atoms with Gasteiger partial charge in [0.2, 0.25) is 5.91 Å². The molecule has 0 atom stereocenters. The lowest BCUT2D eigenvalue weighted by atomic mass is 9.84. The molecule has 1 amide bonds. The molecule has 1 saturated carbocycles. The number of amides is 1. The average molecular weight is 311 g/mol. The van der Waals surface area contributed by atoms with E-state index in [0.717, 1.165) is 51.9 Å². The highest BCUT2D eigenvalue weighted by atomic mass is 16.3. The summed E-state index contributed by atoms with van der Waals surface area (Å²) in [5.74, 6) is 0.799. The summed E-state index contributed by atoms with van der Waals surface area (Å²) in [4.78, 5) is 16.0. The molecular formula is C17H33N3O2.